The molecule has 297 valence electrons. The highest BCUT2D eigenvalue weighted by Gasteiger charge is 2.37. The number of ether oxygens (including phenoxy) is 1. The van der Waals surface area contributed by atoms with Gasteiger partial charge in [-0.25, -0.2) is 0 Å². The second-order valence-corrected chi connectivity index (χ2v) is 17.3. The molecule has 0 amide bonds. The molecular weight excluding hydrogens is 673 g/mol. The van der Waals surface area contributed by atoms with Crippen molar-refractivity contribution in [2.75, 3.05) is 29.5 Å². The molecule has 0 aromatic heterocycles. The van der Waals surface area contributed by atoms with Gasteiger partial charge in [-0.1, -0.05) is 112 Å². The zero-order valence-electron chi connectivity index (χ0n) is 34.9. The number of hydrogen-bond donors (Lipinski definition) is 0. The topological polar surface area (TPSA) is 84.0 Å². The molecule has 0 saturated heterocycles. The average molecular weight is 742 g/mol. The first-order valence-corrected chi connectivity index (χ1v) is 21.1. The number of esters is 1. The van der Waals surface area contributed by atoms with Crippen molar-refractivity contribution in [3.05, 3.63) is 65.4 Å². The molecule has 0 N–H and O–H groups in total. The fourth-order valence-corrected chi connectivity index (χ4v) is 7.85. The summed E-state index contributed by atoms with van der Waals surface area (Å²) in [4.78, 5) is 56.9. The lowest BCUT2D eigenvalue weighted by atomic mass is 9.76. The van der Waals surface area contributed by atoms with Crippen LogP contribution in [0.3, 0.4) is 0 Å². The van der Waals surface area contributed by atoms with E-state index in [2.05, 4.69) is 89.5 Å². The maximum absolute atomic E-state index is 13.6. The molecule has 54 heavy (non-hydrogen) atoms. The van der Waals surface area contributed by atoms with Gasteiger partial charge in [-0.2, -0.15) is 0 Å². The van der Waals surface area contributed by atoms with Gasteiger partial charge in [0, 0.05) is 67.3 Å². The number of unbranched alkanes of at least 4 members (excludes halogenated alkanes) is 2. The van der Waals surface area contributed by atoms with Gasteiger partial charge in [0.1, 0.15) is 5.78 Å². The first-order chi connectivity index (χ1) is 25.7. The van der Waals surface area contributed by atoms with Crippen LogP contribution in [0, 0.1) is 28.6 Å². The Bertz CT molecular complexity index is 1550. The van der Waals surface area contributed by atoms with Gasteiger partial charge >= 0.3 is 5.97 Å². The Labute approximate surface area is 327 Å². The van der Waals surface area contributed by atoms with E-state index >= 15 is 0 Å². The van der Waals surface area contributed by atoms with Crippen LogP contribution in [-0.2, 0) is 23.9 Å². The number of carbonyl (C=O) groups excluding carboxylic acids is 4. The molecule has 1 aromatic carbocycles. The number of nitrogens with zero attached hydrogens (tertiary/aromatic N) is 2. The number of Topliss-reactive ketones (excluding diaryl/α,β-unsaturated/α-hetero) is 3. The van der Waals surface area contributed by atoms with Crippen molar-refractivity contribution in [1.29, 1.82) is 0 Å². The van der Waals surface area contributed by atoms with Crippen LogP contribution in [0.25, 0.3) is 0 Å². The van der Waals surface area contributed by atoms with E-state index in [4.69, 9.17) is 4.74 Å². The van der Waals surface area contributed by atoms with Gasteiger partial charge in [-0.3, -0.25) is 19.2 Å². The van der Waals surface area contributed by atoms with E-state index in [1.165, 1.54) is 24.8 Å². The van der Waals surface area contributed by atoms with Gasteiger partial charge in [0.25, 0.3) is 0 Å². The van der Waals surface area contributed by atoms with Crippen molar-refractivity contribution in [3.63, 3.8) is 0 Å². The highest BCUT2D eigenvalue weighted by molar-refractivity contribution is 6.07. The molecule has 2 atom stereocenters. The van der Waals surface area contributed by atoms with Gasteiger partial charge in [0.2, 0.25) is 0 Å². The van der Waals surface area contributed by atoms with Crippen molar-refractivity contribution in [2.24, 2.45) is 22.7 Å². The molecule has 1 aromatic rings. The average Bonchev–Trinajstić information content (AvgIpc) is 3.93. The van der Waals surface area contributed by atoms with Crippen LogP contribution in [0.1, 0.15) is 152 Å². The quantitative estimate of drug-likeness (QED) is 0.103. The highest BCUT2D eigenvalue weighted by atomic mass is 16.5. The predicted octanol–water partition coefficient (Wildman–Crippen LogP) is 11.1. The molecule has 1 radical (unpaired) electrons. The minimum Gasteiger partial charge on any atom is -0.465 e. The van der Waals surface area contributed by atoms with E-state index in [-0.39, 0.29) is 59.8 Å². The standard InChI is InChI=1S/C47H69N2O5/c1-9-13-15-34(11-3)29-36-30-39(36)42(50)21-22-43(51)40-31-48(27-25-46(40,5)6)37-17-19-38(20-18-37)49-28-26-47(7,8)41(32-49)44(52)23-24-45(53)54-33-35(12-4)16-14-10-2/h17-20,30-32,34-35H,9-16,21-29,33H2,1-8H3. The SMILES string of the molecule is CCCCC(CC)COC(=O)CCC(=O)C1=CN(c2ccc(N3C=C(C(=O)CCC(=O)[C]4C=C4CC(CC)CCCC)C(C)(C)CC3)cc2)CCC1(C)C. The molecular formula is C47H69N2O5. The van der Waals surface area contributed by atoms with Gasteiger partial charge in [0.05, 0.1) is 18.9 Å². The molecule has 1 aliphatic carbocycles. The first-order valence-electron chi connectivity index (χ1n) is 21.1. The van der Waals surface area contributed by atoms with Crippen molar-refractivity contribution in [1.82, 2.24) is 0 Å². The van der Waals surface area contributed by atoms with Crippen LogP contribution < -0.4 is 9.80 Å². The molecule has 3 aliphatic rings. The van der Waals surface area contributed by atoms with E-state index in [0.29, 0.717) is 18.4 Å². The molecule has 2 aliphatic heterocycles. The Hall–Kier alpha value is -3.48. The minimum atomic E-state index is -0.296. The van der Waals surface area contributed by atoms with Crippen molar-refractivity contribution in [3.8, 4) is 0 Å². The number of hydrogen-bond acceptors (Lipinski definition) is 7. The lowest BCUT2D eigenvalue weighted by Gasteiger charge is -2.38. The summed E-state index contributed by atoms with van der Waals surface area (Å²) in [7, 11) is 0. The molecule has 4 rings (SSSR count). The summed E-state index contributed by atoms with van der Waals surface area (Å²) in [6.07, 6.45) is 18.5. The summed E-state index contributed by atoms with van der Waals surface area (Å²) >= 11 is 0. The second kappa shape index (κ2) is 19.9. The fourth-order valence-electron chi connectivity index (χ4n) is 7.85. The summed E-state index contributed by atoms with van der Waals surface area (Å²) in [5.74, 6) is 1.73. The first kappa shape index (κ1) is 43.3. The third-order valence-electron chi connectivity index (χ3n) is 12.2. The molecule has 0 saturated carbocycles. The molecule has 0 fully saturated rings. The number of benzene rings is 1. The van der Waals surface area contributed by atoms with E-state index in [1.54, 1.807) is 0 Å². The fraction of sp³-hybridized carbons (Fsp3) is 0.638. The summed E-state index contributed by atoms with van der Waals surface area (Å²) in [5.41, 5.74) is 4.16. The van der Waals surface area contributed by atoms with E-state index in [0.717, 1.165) is 92.9 Å². The van der Waals surface area contributed by atoms with Crippen LogP contribution in [0.2, 0.25) is 0 Å². The summed E-state index contributed by atoms with van der Waals surface area (Å²) in [6.45, 7) is 19.2. The Balaban J connectivity index is 1.34. The molecule has 0 spiro atoms. The number of ketones is 3. The number of rotatable bonds is 23. The van der Waals surface area contributed by atoms with E-state index in [1.807, 2.05) is 18.5 Å². The number of allylic oxidation sites excluding steroid dienone is 4. The number of carbonyl (C=O) groups is 4. The van der Waals surface area contributed by atoms with Crippen LogP contribution in [0.15, 0.2) is 59.5 Å². The third kappa shape index (κ3) is 12.0. The van der Waals surface area contributed by atoms with Crippen molar-refractivity contribution < 1.29 is 23.9 Å². The smallest absolute Gasteiger partial charge is 0.306 e. The Morgan fingerprint density at radius 1 is 0.667 bits per heavy atom. The molecule has 2 unspecified atom stereocenters. The normalized spacial score (nSPS) is 19.0. The van der Waals surface area contributed by atoms with E-state index < -0.39 is 0 Å². The van der Waals surface area contributed by atoms with Gasteiger partial charge < -0.3 is 14.5 Å². The summed E-state index contributed by atoms with van der Waals surface area (Å²) in [6, 6.07) is 8.30. The van der Waals surface area contributed by atoms with E-state index in [9.17, 15) is 19.2 Å². The molecule has 0 bridgehead atoms. The largest absolute Gasteiger partial charge is 0.465 e. The zero-order valence-corrected chi connectivity index (χ0v) is 34.9. The number of anilines is 2. The van der Waals surface area contributed by atoms with Gasteiger partial charge in [0.15, 0.2) is 11.6 Å². The second-order valence-electron chi connectivity index (χ2n) is 17.3. The molecule has 2 heterocycles. The van der Waals surface area contributed by atoms with Crippen LogP contribution in [0.5, 0.6) is 0 Å². The Kier molecular flexibility index (Phi) is 15.9. The Morgan fingerprint density at radius 3 is 1.61 bits per heavy atom. The third-order valence-corrected chi connectivity index (χ3v) is 12.2. The van der Waals surface area contributed by atoms with Crippen LogP contribution >= 0.6 is 0 Å². The van der Waals surface area contributed by atoms with Gasteiger partial charge in [-0.15, -0.1) is 0 Å². The van der Waals surface area contributed by atoms with Crippen LogP contribution in [0.4, 0.5) is 11.4 Å². The van der Waals surface area contributed by atoms with Crippen molar-refractivity contribution in [2.45, 2.75) is 152 Å². The summed E-state index contributed by atoms with van der Waals surface area (Å²) in [5, 5.41) is 0. The maximum atomic E-state index is 13.6. The van der Waals surface area contributed by atoms with Gasteiger partial charge in [-0.05, 0) is 72.6 Å². The minimum absolute atomic E-state index is 0.00349. The highest BCUT2D eigenvalue weighted by Crippen LogP contribution is 2.42. The maximum Gasteiger partial charge on any atom is 0.306 e. The molecule has 7 heteroatoms. The summed E-state index contributed by atoms with van der Waals surface area (Å²) < 4.78 is 5.56. The molecule has 7 nitrogen and oxygen atoms in total. The lowest BCUT2D eigenvalue weighted by Crippen LogP contribution is -2.35. The van der Waals surface area contributed by atoms with Crippen LogP contribution in [-0.4, -0.2) is 43.0 Å². The monoisotopic (exact) mass is 742 g/mol. The zero-order chi connectivity index (χ0) is 39.5. The van der Waals surface area contributed by atoms with Crippen molar-refractivity contribution >= 4 is 34.7 Å². The predicted molar refractivity (Wildman–Crippen MR) is 221 cm³/mol. The lowest BCUT2D eigenvalue weighted by molar-refractivity contribution is -0.146. The Morgan fingerprint density at radius 2 is 1.13 bits per heavy atom.